The molecule has 1 atom stereocenters. The van der Waals surface area contributed by atoms with Gasteiger partial charge >= 0.3 is 6.03 Å². The molecule has 1 aliphatic heterocycles. The molecule has 0 spiro atoms. The van der Waals surface area contributed by atoms with Crippen molar-refractivity contribution in [1.82, 2.24) is 15.5 Å². The van der Waals surface area contributed by atoms with E-state index >= 15 is 0 Å². The zero-order chi connectivity index (χ0) is 15.7. The van der Waals surface area contributed by atoms with Crippen molar-refractivity contribution in [1.29, 1.82) is 0 Å². The number of urea groups is 1. The maximum absolute atomic E-state index is 11.9. The Labute approximate surface area is 129 Å². The Morgan fingerprint density at radius 1 is 1.33 bits per heavy atom. The second-order valence-electron chi connectivity index (χ2n) is 6.44. The predicted octanol–water partition coefficient (Wildman–Crippen LogP) is 1.96. The lowest BCUT2D eigenvalue weighted by Crippen LogP contribution is -2.50. The van der Waals surface area contributed by atoms with E-state index in [1.807, 2.05) is 13.8 Å². The van der Waals surface area contributed by atoms with Gasteiger partial charge in [-0.1, -0.05) is 13.8 Å². The molecule has 1 saturated heterocycles. The highest BCUT2D eigenvalue weighted by Crippen LogP contribution is 2.19. The van der Waals surface area contributed by atoms with E-state index in [0.29, 0.717) is 6.42 Å². The monoisotopic (exact) mass is 299 g/mol. The molecule has 124 valence electrons. The summed E-state index contributed by atoms with van der Waals surface area (Å²) < 4.78 is 0. The first-order valence-corrected chi connectivity index (χ1v) is 8.42. The first kappa shape index (κ1) is 18.2. The summed E-state index contributed by atoms with van der Waals surface area (Å²) >= 11 is 0. The lowest BCUT2D eigenvalue weighted by atomic mass is 9.93. The second kappa shape index (κ2) is 9.26. The minimum atomic E-state index is -0.314. The van der Waals surface area contributed by atoms with Gasteiger partial charge in [-0.05, 0) is 64.6 Å². The molecule has 0 aromatic carbocycles. The van der Waals surface area contributed by atoms with Crippen LogP contribution in [0, 0.1) is 5.92 Å². The molecule has 1 heterocycles. The first-order chi connectivity index (χ1) is 10.0. The lowest BCUT2D eigenvalue weighted by molar-refractivity contribution is 0.184. The maximum Gasteiger partial charge on any atom is 0.315 e. The van der Waals surface area contributed by atoms with E-state index in [4.69, 9.17) is 5.11 Å². The van der Waals surface area contributed by atoms with Gasteiger partial charge in [0, 0.05) is 18.7 Å². The number of rotatable bonds is 8. The molecule has 0 bridgehead atoms. The molecule has 0 saturated carbocycles. The largest absolute Gasteiger partial charge is 0.396 e. The van der Waals surface area contributed by atoms with Gasteiger partial charge in [0.1, 0.15) is 0 Å². The summed E-state index contributed by atoms with van der Waals surface area (Å²) in [5, 5.41) is 15.0. The third-order valence-electron chi connectivity index (χ3n) is 4.85. The quantitative estimate of drug-likeness (QED) is 0.642. The van der Waals surface area contributed by atoms with Gasteiger partial charge in [-0.15, -0.1) is 0 Å². The van der Waals surface area contributed by atoms with Crippen molar-refractivity contribution in [2.45, 2.75) is 58.4 Å². The number of piperidine rings is 1. The number of carbonyl (C=O) groups is 1. The minimum Gasteiger partial charge on any atom is -0.396 e. The molecular formula is C16H33N3O2. The van der Waals surface area contributed by atoms with Crippen molar-refractivity contribution in [2.24, 2.45) is 5.92 Å². The van der Waals surface area contributed by atoms with Crippen LogP contribution in [-0.2, 0) is 0 Å². The van der Waals surface area contributed by atoms with Crippen LogP contribution in [0.2, 0.25) is 0 Å². The summed E-state index contributed by atoms with van der Waals surface area (Å²) in [5.41, 5.74) is -0.314. The standard InChI is InChI=1S/C16H33N3O2/c1-4-16(3,9-13-20)18-15(21)17-10-6-14-7-11-19(5-2)12-8-14/h14,20H,4-13H2,1-3H3,(H2,17,18,21). The normalized spacial score (nSPS) is 20.0. The molecule has 1 unspecified atom stereocenters. The van der Waals surface area contributed by atoms with Gasteiger partial charge < -0.3 is 20.6 Å². The Hall–Kier alpha value is -0.810. The van der Waals surface area contributed by atoms with Crippen molar-refractivity contribution in [3.8, 4) is 0 Å². The highest BCUT2D eigenvalue weighted by atomic mass is 16.3. The zero-order valence-corrected chi connectivity index (χ0v) is 14.0. The molecule has 5 heteroatoms. The third-order valence-corrected chi connectivity index (χ3v) is 4.85. The van der Waals surface area contributed by atoms with Crippen LogP contribution in [0.1, 0.15) is 52.9 Å². The van der Waals surface area contributed by atoms with Gasteiger partial charge in [0.25, 0.3) is 0 Å². The van der Waals surface area contributed by atoms with Crippen LogP contribution in [0.25, 0.3) is 0 Å². The molecule has 0 aliphatic carbocycles. The van der Waals surface area contributed by atoms with Crippen LogP contribution >= 0.6 is 0 Å². The minimum absolute atomic E-state index is 0.0978. The molecule has 1 aliphatic rings. The zero-order valence-electron chi connectivity index (χ0n) is 14.0. The number of nitrogens with zero attached hydrogens (tertiary/aromatic N) is 1. The van der Waals surface area contributed by atoms with E-state index in [0.717, 1.165) is 31.8 Å². The number of hydrogen-bond acceptors (Lipinski definition) is 3. The number of carbonyl (C=O) groups excluding carboxylic acids is 1. The molecule has 1 fully saturated rings. The summed E-state index contributed by atoms with van der Waals surface area (Å²) in [7, 11) is 0. The highest BCUT2D eigenvalue weighted by Gasteiger charge is 2.23. The average Bonchev–Trinajstić information content (AvgIpc) is 2.48. The fourth-order valence-corrected chi connectivity index (χ4v) is 2.87. The summed E-state index contributed by atoms with van der Waals surface area (Å²) in [4.78, 5) is 14.4. The Morgan fingerprint density at radius 2 is 2.00 bits per heavy atom. The van der Waals surface area contributed by atoms with E-state index in [-0.39, 0.29) is 18.2 Å². The molecule has 2 amide bonds. The van der Waals surface area contributed by atoms with Crippen LogP contribution in [0.5, 0.6) is 0 Å². The van der Waals surface area contributed by atoms with Crippen LogP contribution in [0.4, 0.5) is 4.79 Å². The number of hydrogen-bond donors (Lipinski definition) is 3. The van der Waals surface area contributed by atoms with Crippen molar-refractivity contribution in [3.05, 3.63) is 0 Å². The smallest absolute Gasteiger partial charge is 0.315 e. The van der Waals surface area contributed by atoms with Crippen LogP contribution in [-0.4, -0.2) is 54.4 Å². The fourth-order valence-electron chi connectivity index (χ4n) is 2.87. The van der Waals surface area contributed by atoms with E-state index in [9.17, 15) is 4.79 Å². The molecule has 3 N–H and O–H groups in total. The van der Waals surface area contributed by atoms with E-state index in [1.54, 1.807) is 0 Å². The molecule has 0 aromatic rings. The van der Waals surface area contributed by atoms with Crippen molar-refractivity contribution in [3.63, 3.8) is 0 Å². The molecule has 5 nitrogen and oxygen atoms in total. The van der Waals surface area contributed by atoms with Gasteiger partial charge in [-0.2, -0.15) is 0 Å². The number of likely N-dealkylation sites (tertiary alicyclic amines) is 1. The van der Waals surface area contributed by atoms with E-state index < -0.39 is 0 Å². The molecule has 21 heavy (non-hydrogen) atoms. The van der Waals surface area contributed by atoms with E-state index in [1.165, 1.54) is 25.9 Å². The third kappa shape index (κ3) is 6.66. The van der Waals surface area contributed by atoms with E-state index in [2.05, 4.69) is 22.5 Å². The highest BCUT2D eigenvalue weighted by molar-refractivity contribution is 5.74. The summed E-state index contributed by atoms with van der Waals surface area (Å²) in [6.45, 7) is 10.6. The summed E-state index contributed by atoms with van der Waals surface area (Å²) in [5.74, 6) is 0.739. The molecular weight excluding hydrogens is 266 g/mol. The Bertz CT molecular complexity index is 304. The lowest BCUT2D eigenvalue weighted by Gasteiger charge is -2.31. The Balaban J connectivity index is 2.19. The van der Waals surface area contributed by atoms with Crippen molar-refractivity contribution >= 4 is 6.03 Å². The van der Waals surface area contributed by atoms with Gasteiger partial charge in [0.15, 0.2) is 0 Å². The molecule has 0 aromatic heterocycles. The Morgan fingerprint density at radius 3 is 2.52 bits per heavy atom. The average molecular weight is 299 g/mol. The molecule has 1 rings (SSSR count). The van der Waals surface area contributed by atoms with Crippen LogP contribution in [0.3, 0.4) is 0 Å². The second-order valence-corrected chi connectivity index (χ2v) is 6.44. The first-order valence-electron chi connectivity index (χ1n) is 8.42. The van der Waals surface area contributed by atoms with Gasteiger partial charge in [-0.25, -0.2) is 4.79 Å². The van der Waals surface area contributed by atoms with Crippen molar-refractivity contribution in [2.75, 3.05) is 32.8 Å². The molecule has 0 radical (unpaired) electrons. The SMILES string of the molecule is CCN1CCC(CCNC(=O)NC(C)(CC)CCO)CC1. The summed E-state index contributed by atoms with van der Waals surface area (Å²) in [6.07, 6.45) is 4.96. The number of aliphatic hydroxyl groups excluding tert-OH is 1. The summed E-state index contributed by atoms with van der Waals surface area (Å²) in [6, 6.07) is -0.112. The Kier molecular flexibility index (Phi) is 8.04. The van der Waals surface area contributed by atoms with Crippen LogP contribution < -0.4 is 10.6 Å². The van der Waals surface area contributed by atoms with Gasteiger partial charge in [0.2, 0.25) is 0 Å². The number of nitrogens with one attached hydrogen (secondary N) is 2. The van der Waals surface area contributed by atoms with Crippen molar-refractivity contribution < 1.29 is 9.90 Å². The van der Waals surface area contributed by atoms with Gasteiger partial charge in [0.05, 0.1) is 0 Å². The number of aliphatic hydroxyl groups is 1. The van der Waals surface area contributed by atoms with Gasteiger partial charge in [-0.3, -0.25) is 0 Å². The topological polar surface area (TPSA) is 64.6 Å². The predicted molar refractivity (Wildman–Crippen MR) is 86.4 cm³/mol. The van der Waals surface area contributed by atoms with Crippen LogP contribution in [0.15, 0.2) is 0 Å². The fraction of sp³-hybridized carbons (Fsp3) is 0.938. The number of amides is 2. The maximum atomic E-state index is 11.9.